The molecule has 2 fully saturated rings. The zero-order valence-corrected chi connectivity index (χ0v) is 16.6. The molecule has 0 aromatic carbocycles. The molecule has 27 heavy (non-hydrogen) atoms. The van der Waals surface area contributed by atoms with Gasteiger partial charge in [-0.3, -0.25) is 9.59 Å². The van der Waals surface area contributed by atoms with Crippen molar-refractivity contribution < 1.29 is 14.4 Å². The lowest BCUT2D eigenvalue weighted by Gasteiger charge is -2.31. The Morgan fingerprint density at radius 3 is 2.89 bits per heavy atom. The fraction of sp³-hybridized carbons (Fsp3) is 0.650. The van der Waals surface area contributed by atoms with Crippen molar-refractivity contribution in [3.63, 3.8) is 0 Å². The second-order valence-corrected chi connectivity index (χ2v) is 9.05. The SMILES string of the molecule is C[C@H](C(=O)NCC1CCCCC1)N1C(=O)N[C@@]2(CCCc3sccc32)C1=O. The molecule has 1 aliphatic heterocycles. The van der Waals surface area contributed by atoms with Gasteiger partial charge >= 0.3 is 6.03 Å². The summed E-state index contributed by atoms with van der Waals surface area (Å²) in [6.45, 7) is 2.27. The topological polar surface area (TPSA) is 78.5 Å². The molecule has 1 saturated carbocycles. The van der Waals surface area contributed by atoms with Gasteiger partial charge in [0.15, 0.2) is 0 Å². The van der Waals surface area contributed by atoms with Crippen molar-refractivity contribution in [2.75, 3.05) is 6.54 Å². The van der Waals surface area contributed by atoms with Crippen molar-refractivity contribution in [3.8, 4) is 0 Å². The van der Waals surface area contributed by atoms with Crippen LogP contribution in [0.5, 0.6) is 0 Å². The Balaban J connectivity index is 1.47. The molecule has 0 unspecified atom stereocenters. The first-order valence-corrected chi connectivity index (χ1v) is 10.9. The standard InChI is InChI=1S/C20H27N3O3S/c1-13(17(24)21-12-14-6-3-2-4-7-14)23-18(25)20(22-19(23)26)10-5-8-16-15(20)9-11-27-16/h9,11,13-14H,2-8,10,12H2,1H3,(H,21,24)(H,22,26)/t13-,20-/m1/s1. The monoisotopic (exact) mass is 389 g/mol. The number of hydrogen-bond acceptors (Lipinski definition) is 4. The first-order valence-electron chi connectivity index (χ1n) is 10.0. The van der Waals surface area contributed by atoms with Gasteiger partial charge in [-0.15, -0.1) is 11.3 Å². The molecule has 2 heterocycles. The van der Waals surface area contributed by atoms with E-state index in [0.29, 0.717) is 18.9 Å². The lowest BCUT2D eigenvalue weighted by molar-refractivity contribution is -0.138. The normalized spacial score (nSPS) is 26.8. The maximum absolute atomic E-state index is 13.3. The van der Waals surface area contributed by atoms with Crippen LogP contribution in [0.1, 0.15) is 62.3 Å². The van der Waals surface area contributed by atoms with Gasteiger partial charge in [0.2, 0.25) is 5.91 Å². The molecule has 4 amide bonds. The first-order chi connectivity index (χ1) is 13.0. The molecule has 6 nitrogen and oxygen atoms in total. The summed E-state index contributed by atoms with van der Waals surface area (Å²) in [5, 5.41) is 7.85. The number of imide groups is 1. The molecule has 2 N–H and O–H groups in total. The fourth-order valence-electron chi connectivity index (χ4n) is 4.76. The molecule has 0 radical (unpaired) electrons. The minimum atomic E-state index is -0.984. The molecular formula is C20H27N3O3S. The molecule has 4 rings (SSSR count). The number of aryl methyl sites for hydroxylation is 1. The van der Waals surface area contributed by atoms with E-state index in [-0.39, 0.29) is 11.8 Å². The smallest absolute Gasteiger partial charge is 0.326 e. The Kier molecular flexibility index (Phi) is 4.97. The molecule has 1 spiro atoms. The van der Waals surface area contributed by atoms with Crippen molar-refractivity contribution >= 4 is 29.2 Å². The third-order valence-electron chi connectivity index (χ3n) is 6.34. The predicted octanol–water partition coefficient (Wildman–Crippen LogP) is 2.92. The highest BCUT2D eigenvalue weighted by molar-refractivity contribution is 7.10. The van der Waals surface area contributed by atoms with E-state index in [0.717, 1.165) is 41.0 Å². The number of amides is 4. The minimum Gasteiger partial charge on any atom is -0.354 e. The number of nitrogens with zero attached hydrogens (tertiary/aromatic N) is 1. The number of rotatable bonds is 4. The van der Waals surface area contributed by atoms with E-state index in [1.807, 2.05) is 11.4 Å². The quantitative estimate of drug-likeness (QED) is 0.777. The zero-order valence-electron chi connectivity index (χ0n) is 15.8. The molecule has 2 atom stereocenters. The summed E-state index contributed by atoms with van der Waals surface area (Å²) in [4.78, 5) is 40.9. The van der Waals surface area contributed by atoms with Gasteiger partial charge in [0, 0.05) is 17.0 Å². The summed E-state index contributed by atoms with van der Waals surface area (Å²) >= 11 is 1.63. The maximum atomic E-state index is 13.3. The van der Waals surface area contributed by atoms with Crippen LogP contribution in [-0.2, 0) is 21.5 Å². The van der Waals surface area contributed by atoms with Gasteiger partial charge in [0.1, 0.15) is 11.6 Å². The Morgan fingerprint density at radius 1 is 1.33 bits per heavy atom. The highest BCUT2D eigenvalue weighted by atomic mass is 32.1. The maximum Gasteiger partial charge on any atom is 0.326 e. The van der Waals surface area contributed by atoms with E-state index in [1.165, 1.54) is 19.3 Å². The molecule has 7 heteroatoms. The number of thiophene rings is 1. The van der Waals surface area contributed by atoms with Crippen LogP contribution < -0.4 is 10.6 Å². The summed E-state index contributed by atoms with van der Waals surface area (Å²) in [5.74, 6) is -0.0225. The van der Waals surface area contributed by atoms with Crippen LogP contribution in [-0.4, -0.2) is 35.3 Å². The van der Waals surface area contributed by atoms with Crippen molar-refractivity contribution in [1.29, 1.82) is 0 Å². The number of carbonyl (C=O) groups is 3. The van der Waals surface area contributed by atoms with Crippen LogP contribution in [0.15, 0.2) is 11.4 Å². The van der Waals surface area contributed by atoms with Crippen molar-refractivity contribution in [3.05, 3.63) is 21.9 Å². The summed E-state index contributed by atoms with van der Waals surface area (Å²) in [7, 11) is 0. The third kappa shape index (κ3) is 3.16. The minimum absolute atomic E-state index is 0.248. The van der Waals surface area contributed by atoms with E-state index in [2.05, 4.69) is 10.6 Å². The first kappa shape index (κ1) is 18.5. The Hall–Kier alpha value is -1.89. The summed E-state index contributed by atoms with van der Waals surface area (Å²) in [6.07, 6.45) is 8.38. The van der Waals surface area contributed by atoms with Crippen molar-refractivity contribution in [2.45, 2.75) is 69.9 Å². The number of urea groups is 1. The predicted molar refractivity (Wildman–Crippen MR) is 103 cm³/mol. The third-order valence-corrected chi connectivity index (χ3v) is 7.32. The number of carbonyl (C=O) groups excluding carboxylic acids is 3. The van der Waals surface area contributed by atoms with Crippen molar-refractivity contribution in [2.24, 2.45) is 5.92 Å². The van der Waals surface area contributed by atoms with E-state index in [1.54, 1.807) is 18.3 Å². The molecule has 1 aromatic rings. The molecule has 146 valence electrons. The van der Waals surface area contributed by atoms with Gasteiger partial charge in [-0.25, -0.2) is 9.69 Å². The lowest BCUT2D eigenvalue weighted by atomic mass is 9.80. The highest BCUT2D eigenvalue weighted by Gasteiger charge is 2.56. The summed E-state index contributed by atoms with van der Waals surface area (Å²) in [6, 6.07) is 0.679. The lowest BCUT2D eigenvalue weighted by Crippen LogP contribution is -2.50. The molecule has 2 aliphatic carbocycles. The van der Waals surface area contributed by atoms with Gasteiger partial charge in [-0.1, -0.05) is 19.3 Å². The molecular weight excluding hydrogens is 362 g/mol. The molecule has 0 bridgehead atoms. The average molecular weight is 390 g/mol. The van der Waals surface area contributed by atoms with Crippen LogP contribution in [0, 0.1) is 5.92 Å². The van der Waals surface area contributed by atoms with E-state index < -0.39 is 17.6 Å². The largest absolute Gasteiger partial charge is 0.354 e. The van der Waals surface area contributed by atoms with Gasteiger partial charge in [0.05, 0.1) is 0 Å². The Bertz CT molecular complexity index is 755. The number of hydrogen-bond donors (Lipinski definition) is 2. The van der Waals surface area contributed by atoms with Gasteiger partial charge in [0.25, 0.3) is 5.91 Å². The van der Waals surface area contributed by atoms with Gasteiger partial charge in [-0.2, -0.15) is 0 Å². The summed E-state index contributed by atoms with van der Waals surface area (Å²) < 4.78 is 0. The van der Waals surface area contributed by atoms with E-state index in [4.69, 9.17) is 0 Å². The Morgan fingerprint density at radius 2 is 2.11 bits per heavy atom. The van der Waals surface area contributed by atoms with Crippen LogP contribution in [0.25, 0.3) is 0 Å². The molecule has 1 aromatic heterocycles. The Labute approximate surface area is 163 Å². The number of fused-ring (bicyclic) bond motifs is 2. The van der Waals surface area contributed by atoms with E-state index in [9.17, 15) is 14.4 Å². The van der Waals surface area contributed by atoms with E-state index >= 15 is 0 Å². The number of nitrogens with one attached hydrogen (secondary N) is 2. The fourth-order valence-corrected chi connectivity index (χ4v) is 5.76. The van der Waals surface area contributed by atoms with Crippen LogP contribution >= 0.6 is 11.3 Å². The highest BCUT2D eigenvalue weighted by Crippen LogP contribution is 2.42. The van der Waals surface area contributed by atoms with Crippen LogP contribution in [0.2, 0.25) is 0 Å². The van der Waals surface area contributed by atoms with Gasteiger partial charge in [-0.05, 0) is 56.4 Å². The average Bonchev–Trinajstić information content (AvgIpc) is 3.25. The second kappa shape index (κ2) is 7.26. The molecule has 1 saturated heterocycles. The molecule has 3 aliphatic rings. The zero-order chi connectivity index (χ0) is 19.0. The second-order valence-electron chi connectivity index (χ2n) is 8.05. The van der Waals surface area contributed by atoms with Crippen LogP contribution in [0.3, 0.4) is 0 Å². The van der Waals surface area contributed by atoms with Crippen molar-refractivity contribution in [1.82, 2.24) is 15.5 Å². The summed E-state index contributed by atoms with van der Waals surface area (Å²) in [5.41, 5.74) is -0.0721. The van der Waals surface area contributed by atoms with Crippen LogP contribution in [0.4, 0.5) is 4.79 Å². The van der Waals surface area contributed by atoms with Gasteiger partial charge < -0.3 is 10.6 Å².